The first-order valence-electron chi connectivity index (χ1n) is 11.2. The van der Waals surface area contributed by atoms with Gasteiger partial charge in [0.2, 0.25) is 0 Å². The molecule has 1 atom stereocenters. The fourth-order valence-electron chi connectivity index (χ4n) is 4.49. The molecule has 2 N–H and O–H groups in total. The van der Waals surface area contributed by atoms with Gasteiger partial charge in [-0.25, -0.2) is 9.38 Å². The van der Waals surface area contributed by atoms with Crippen LogP contribution in [0.15, 0.2) is 23.2 Å². The van der Waals surface area contributed by atoms with Crippen LogP contribution in [0.4, 0.5) is 10.1 Å². The molecule has 1 aromatic carbocycles. The van der Waals surface area contributed by atoms with E-state index in [0.717, 1.165) is 43.0 Å². The third-order valence-corrected chi connectivity index (χ3v) is 5.95. The highest BCUT2D eigenvalue weighted by atomic mass is 19.1. The van der Waals surface area contributed by atoms with Gasteiger partial charge in [-0.2, -0.15) is 0 Å². The third-order valence-electron chi connectivity index (χ3n) is 5.95. The Hall–Kier alpha value is -1.82. The number of nitrogens with one attached hydrogen (secondary N) is 1. The van der Waals surface area contributed by atoms with E-state index in [1.807, 2.05) is 17.0 Å². The zero-order valence-electron chi connectivity index (χ0n) is 18.2. The van der Waals surface area contributed by atoms with E-state index in [0.29, 0.717) is 38.2 Å². The maximum Gasteiger partial charge on any atom is 0.194 e. The Morgan fingerprint density at radius 1 is 1.24 bits per heavy atom. The number of nitrogens with zero attached hydrogens (tertiary/aromatic N) is 3. The van der Waals surface area contributed by atoms with Gasteiger partial charge >= 0.3 is 0 Å². The minimum atomic E-state index is -0.252. The molecule has 2 fully saturated rings. The summed E-state index contributed by atoms with van der Waals surface area (Å²) >= 11 is 0. The molecule has 2 aliphatic heterocycles. The van der Waals surface area contributed by atoms with Gasteiger partial charge < -0.3 is 20.2 Å². The Kier molecular flexibility index (Phi) is 7.76. The molecule has 2 aliphatic rings. The minimum absolute atomic E-state index is 0.197. The first-order valence-corrected chi connectivity index (χ1v) is 11.2. The van der Waals surface area contributed by atoms with Gasteiger partial charge in [0.1, 0.15) is 5.82 Å². The maximum absolute atomic E-state index is 14.7. The Morgan fingerprint density at radius 3 is 2.66 bits per heavy atom. The van der Waals surface area contributed by atoms with Crippen molar-refractivity contribution in [3.8, 4) is 0 Å². The van der Waals surface area contributed by atoms with Gasteiger partial charge in [-0.15, -0.1) is 0 Å². The number of rotatable bonds is 6. The van der Waals surface area contributed by atoms with Crippen LogP contribution in [0.25, 0.3) is 0 Å². The van der Waals surface area contributed by atoms with E-state index in [1.54, 1.807) is 6.07 Å². The Morgan fingerprint density at radius 2 is 2.00 bits per heavy atom. The van der Waals surface area contributed by atoms with Crippen molar-refractivity contribution in [2.75, 3.05) is 37.6 Å². The number of aliphatic hydroxyl groups is 1. The van der Waals surface area contributed by atoms with Crippen molar-refractivity contribution in [1.82, 2.24) is 10.2 Å². The molecule has 162 valence electrons. The number of aliphatic imine (C=N–C) groups is 1. The molecule has 1 unspecified atom stereocenters. The molecular formula is C23H37FN4O. The number of piperidine rings is 1. The summed E-state index contributed by atoms with van der Waals surface area (Å²) in [5.41, 5.74) is 1.52. The van der Waals surface area contributed by atoms with Gasteiger partial charge in [-0.05, 0) is 62.1 Å². The minimum Gasteiger partial charge on any atom is -0.393 e. The summed E-state index contributed by atoms with van der Waals surface area (Å²) in [7, 11) is 0. The normalized spacial score (nSPS) is 21.3. The van der Waals surface area contributed by atoms with Crippen LogP contribution in [0.1, 0.15) is 52.0 Å². The van der Waals surface area contributed by atoms with Crippen LogP contribution in [0.5, 0.6) is 0 Å². The number of likely N-dealkylation sites (tertiary alicyclic amines) is 1. The standard InChI is InChI=1S/C23H37FN4O/c1-4-25-23(28-10-7-19(16-28)13-17(2)3)26-15-18-5-6-22(21(24)14-18)27-11-8-20(29)9-12-27/h5-6,14,17,19-20,29H,4,7-13,15-16H2,1-3H3,(H,25,26). The molecule has 0 aromatic heterocycles. The maximum atomic E-state index is 14.7. The number of anilines is 1. The van der Waals surface area contributed by atoms with Crippen molar-refractivity contribution >= 4 is 11.6 Å². The fourth-order valence-corrected chi connectivity index (χ4v) is 4.49. The van der Waals surface area contributed by atoms with E-state index in [9.17, 15) is 9.50 Å². The van der Waals surface area contributed by atoms with E-state index in [1.165, 1.54) is 12.8 Å². The van der Waals surface area contributed by atoms with Gasteiger partial charge in [0.05, 0.1) is 18.3 Å². The second-order valence-corrected chi connectivity index (χ2v) is 8.90. The number of hydrogen-bond donors (Lipinski definition) is 2. The molecule has 0 radical (unpaired) electrons. The first kappa shape index (κ1) is 21.9. The molecule has 2 saturated heterocycles. The van der Waals surface area contributed by atoms with Gasteiger partial charge in [0.25, 0.3) is 0 Å². The van der Waals surface area contributed by atoms with E-state index < -0.39 is 0 Å². The lowest BCUT2D eigenvalue weighted by atomic mass is 9.97. The molecule has 0 aliphatic carbocycles. The smallest absolute Gasteiger partial charge is 0.194 e. The van der Waals surface area contributed by atoms with Crippen molar-refractivity contribution in [3.05, 3.63) is 29.6 Å². The summed E-state index contributed by atoms with van der Waals surface area (Å²) in [6.45, 7) is 11.5. The molecule has 6 heteroatoms. The van der Waals surface area contributed by atoms with Gasteiger partial charge in [-0.1, -0.05) is 19.9 Å². The molecule has 0 amide bonds. The average molecular weight is 405 g/mol. The van der Waals surface area contributed by atoms with Crippen LogP contribution in [-0.4, -0.2) is 54.8 Å². The number of aliphatic hydroxyl groups excluding tert-OH is 1. The van der Waals surface area contributed by atoms with Crippen molar-refractivity contribution in [1.29, 1.82) is 0 Å². The van der Waals surface area contributed by atoms with Crippen molar-refractivity contribution in [3.63, 3.8) is 0 Å². The highest BCUT2D eigenvalue weighted by molar-refractivity contribution is 5.80. The van der Waals surface area contributed by atoms with Crippen molar-refractivity contribution in [2.45, 2.75) is 59.1 Å². The molecule has 0 saturated carbocycles. The Labute approximate surface area is 175 Å². The molecule has 3 rings (SSSR count). The highest BCUT2D eigenvalue weighted by Gasteiger charge is 2.25. The van der Waals surface area contributed by atoms with Gasteiger partial charge in [0.15, 0.2) is 5.96 Å². The van der Waals surface area contributed by atoms with Crippen LogP contribution in [0.2, 0.25) is 0 Å². The Balaban J connectivity index is 1.63. The zero-order chi connectivity index (χ0) is 20.8. The quantitative estimate of drug-likeness (QED) is 0.562. The second-order valence-electron chi connectivity index (χ2n) is 8.90. The predicted molar refractivity (Wildman–Crippen MR) is 118 cm³/mol. The molecule has 29 heavy (non-hydrogen) atoms. The summed E-state index contributed by atoms with van der Waals surface area (Å²) in [5.74, 6) is 2.20. The summed E-state index contributed by atoms with van der Waals surface area (Å²) in [6, 6.07) is 5.44. The monoisotopic (exact) mass is 404 g/mol. The van der Waals surface area contributed by atoms with Gasteiger partial charge in [0, 0.05) is 32.7 Å². The van der Waals surface area contributed by atoms with E-state index in [2.05, 4.69) is 31.0 Å². The lowest BCUT2D eigenvalue weighted by Crippen LogP contribution is -2.40. The number of hydrogen-bond acceptors (Lipinski definition) is 3. The van der Waals surface area contributed by atoms with Crippen molar-refractivity contribution in [2.24, 2.45) is 16.8 Å². The summed E-state index contributed by atoms with van der Waals surface area (Å²) in [5, 5.41) is 13.1. The number of halogens is 1. The summed E-state index contributed by atoms with van der Waals surface area (Å²) in [6.07, 6.45) is 3.63. The van der Waals surface area contributed by atoms with Crippen LogP contribution in [-0.2, 0) is 6.54 Å². The Bertz CT molecular complexity index is 685. The SMILES string of the molecule is CCNC(=NCc1ccc(N2CCC(O)CC2)c(F)c1)N1CCC(CC(C)C)C1. The first-order chi connectivity index (χ1) is 14.0. The van der Waals surface area contributed by atoms with Crippen LogP contribution in [0, 0.1) is 17.7 Å². The average Bonchev–Trinajstić information content (AvgIpc) is 3.13. The molecule has 5 nitrogen and oxygen atoms in total. The van der Waals surface area contributed by atoms with Crippen LogP contribution < -0.4 is 10.2 Å². The third kappa shape index (κ3) is 6.08. The highest BCUT2D eigenvalue weighted by Crippen LogP contribution is 2.25. The lowest BCUT2D eigenvalue weighted by Gasteiger charge is -2.31. The fraction of sp³-hybridized carbons (Fsp3) is 0.696. The molecule has 2 heterocycles. The van der Waals surface area contributed by atoms with E-state index >= 15 is 0 Å². The summed E-state index contributed by atoms with van der Waals surface area (Å²) in [4.78, 5) is 9.16. The zero-order valence-corrected chi connectivity index (χ0v) is 18.2. The predicted octanol–water partition coefficient (Wildman–Crippen LogP) is 3.62. The topological polar surface area (TPSA) is 51.1 Å². The summed E-state index contributed by atoms with van der Waals surface area (Å²) < 4.78 is 14.7. The number of guanidine groups is 1. The van der Waals surface area contributed by atoms with Crippen molar-refractivity contribution < 1.29 is 9.50 Å². The number of benzene rings is 1. The lowest BCUT2D eigenvalue weighted by molar-refractivity contribution is 0.145. The molecule has 0 bridgehead atoms. The largest absolute Gasteiger partial charge is 0.393 e. The van der Waals surface area contributed by atoms with Gasteiger partial charge in [-0.3, -0.25) is 0 Å². The molecule has 0 spiro atoms. The van der Waals surface area contributed by atoms with E-state index in [4.69, 9.17) is 4.99 Å². The molecule has 1 aromatic rings. The van der Waals surface area contributed by atoms with Crippen LogP contribution in [0.3, 0.4) is 0 Å². The van der Waals surface area contributed by atoms with Crippen LogP contribution >= 0.6 is 0 Å². The van der Waals surface area contributed by atoms with E-state index in [-0.39, 0.29) is 11.9 Å². The molecular weight excluding hydrogens is 367 g/mol. The second kappa shape index (κ2) is 10.3.